The molecular weight excluding hydrogens is 344 g/mol. The maximum Gasteiger partial charge on any atom is 0.231 e. The van der Waals surface area contributed by atoms with Crippen molar-refractivity contribution in [3.63, 3.8) is 0 Å². The summed E-state index contributed by atoms with van der Waals surface area (Å²) in [6.45, 7) is 1.78. The van der Waals surface area contributed by atoms with Crippen LogP contribution in [-0.2, 0) is 9.59 Å². The zero-order valence-corrected chi connectivity index (χ0v) is 15.5. The Bertz CT molecular complexity index is 773. The van der Waals surface area contributed by atoms with Crippen molar-refractivity contribution in [1.82, 2.24) is 4.90 Å². The number of rotatable bonds is 4. The van der Waals surface area contributed by atoms with Crippen molar-refractivity contribution < 1.29 is 19.1 Å². The van der Waals surface area contributed by atoms with Crippen molar-refractivity contribution in [2.45, 2.75) is 44.9 Å². The van der Waals surface area contributed by atoms with Crippen LogP contribution in [-0.4, -0.2) is 36.6 Å². The second-order valence-corrected chi connectivity index (χ2v) is 8.60. The average Bonchev–Trinajstić information content (AvgIpc) is 3.10. The van der Waals surface area contributed by atoms with Crippen LogP contribution in [0.4, 0.5) is 5.69 Å². The van der Waals surface area contributed by atoms with E-state index < -0.39 is 0 Å². The standard InChI is InChI=1S/C21H26N2O4/c24-19(9-14-3-1-2-4-14)23-8-7-21(12-23)11-16(21)20(25)22-15-5-6-17-18(10-15)27-13-26-17/h5-6,10,14,16H,1-4,7-9,11-13H2,(H,22,25). The monoisotopic (exact) mass is 370 g/mol. The molecule has 2 amide bonds. The second-order valence-electron chi connectivity index (χ2n) is 8.60. The fourth-order valence-corrected chi connectivity index (χ4v) is 5.07. The minimum atomic E-state index is 0.00571. The van der Waals surface area contributed by atoms with Gasteiger partial charge in [0, 0.05) is 42.6 Å². The molecule has 0 radical (unpaired) electrons. The topological polar surface area (TPSA) is 67.9 Å². The Balaban J connectivity index is 1.16. The highest BCUT2D eigenvalue weighted by Gasteiger charge is 2.61. The van der Waals surface area contributed by atoms with E-state index in [9.17, 15) is 9.59 Å². The van der Waals surface area contributed by atoms with Crippen molar-refractivity contribution in [2.24, 2.45) is 17.3 Å². The molecule has 5 rings (SSSR count). The highest BCUT2D eigenvalue weighted by atomic mass is 16.7. The third-order valence-corrected chi connectivity index (χ3v) is 6.82. The summed E-state index contributed by atoms with van der Waals surface area (Å²) in [5, 5.41) is 3.01. The van der Waals surface area contributed by atoms with Crippen molar-refractivity contribution in [2.75, 3.05) is 25.2 Å². The zero-order chi connectivity index (χ0) is 18.4. The van der Waals surface area contributed by atoms with Gasteiger partial charge in [-0.05, 0) is 43.7 Å². The molecule has 2 aliphatic heterocycles. The maximum atomic E-state index is 12.7. The molecule has 6 nitrogen and oxygen atoms in total. The molecular formula is C21H26N2O4. The van der Waals surface area contributed by atoms with Crippen LogP contribution in [0.1, 0.15) is 44.9 Å². The Morgan fingerprint density at radius 3 is 2.85 bits per heavy atom. The number of carbonyl (C=O) groups is 2. The van der Waals surface area contributed by atoms with Gasteiger partial charge >= 0.3 is 0 Å². The minimum Gasteiger partial charge on any atom is -0.454 e. The van der Waals surface area contributed by atoms with Crippen LogP contribution >= 0.6 is 0 Å². The summed E-state index contributed by atoms with van der Waals surface area (Å²) in [5.74, 6) is 2.32. The average molecular weight is 370 g/mol. The number of likely N-dealkylation sites (tertiary alicyclic amines) is 1. The Hall–Kier alpha value is -2.24. The Kier molecular flexibility index (Phi) is 4.02. The number of carbonyl (C=O) groups excluding carboxylic acids is 2. The van der Waals surface area contributed by atoms with Crippen molar-refractivity contribution in [3.05, 3.63) is 18.2 Å². The van der Waals surface area contributed by atoms with Crippen LogP contribution in [0.2, 0.25) is 0 Å². The Labute approximate surface area is 159 Å². The molecule has 1 N–H and O–H groups in total. The molecule has 3 fully saturated rings. The lowest BCUT2D eigenvalue weighted by molar-refractivity contribution is -0.131. The molecule has 2 unspecified atom stereocenters. The van der Waals surface area contributed by atoms with Crippen LogP contribution < -0.4 is 14.8 Å². The molecule has 1 aromatic rings. The van der Waals surface area contributed by atoms with Gasteiger partial charge in [0.1, 0.15) is 0 Å². The Morgan fingerprint density at radius 2 is 2.00 bits per heavy atom. The number of nitrogens with one attached hydrogen (secondary N) is 1. The molecule has 144 valence electrons. The predicted octanol–water partition coefficient (Wildman–Crippen LogP) is 3.17. The van der Waals surface area contributed by atoms with E-state index in [1.165, 1.54) is 25.7 Å². The number of amides is 2. The van der Waals surface area contributed by atoms with Crippen molar-refractivity contribution in [3.8, 4) is 11.5 Å². The smallest absolute Gasteiger partial charge is 0.231 e. The number of ether oxygens (including phenoxy) is 2. The summed E-state index contributed by atoms with van der Waals surface area (Å²) in [6, 6.07) is 5.47. The first-order chi connectivity index (χ1) is 13.1. The minimum absolute atomic E-state index is 0.00571. The molecule has 6 heteroatoms. The number of anilines is 1. The van der Waals surface area contributed by atoms with Gasteiger partial charge in [-0.3, -0.25) is 9.59 Å². The molecule has 2 aliphatic carbocycles. The first-order valence-electron chi connectivity index (χ1n) is 10.1. The predicted molar refractivity (Wildman–Crippen MR) is 99.5 cm³/mol. The fraction of sp³-hybridized carbons (Fsp3) is 0.619. The summed E-state index contributed by atoms with van der Waals surface area (Å²) in [5.41, 5.74) is 0.740. The molecule has 0 bridgehead atoms. The van der Waals surface area contributed by atoms with Gasteiger partial charge in [0.15, 0.2) is 11.5 Å². The number of fused-ring (bicyclic) bond motifs is 1. The number of nitrogens with zero attached hydrogens (tertiary/aromatic N) is 1. The van der Waals surface area contributed by atoms with Crippen LogP contribution in [0.3, 0.4) is 0 Å². The lowest BCUT2D eigenvalue weighted by Crippen LogP contribution is -2.31. The van der Waals surface area contributed by atoms with E-state index in [1.54, 1.807) is 6.07 Å². The van der Waals surface area contributed by atoms with E-state index in [1.807, 2.05) is 17.0 Å². The summed E-state index contributed by atoms with van der Waals surface area (Å²) in [6.07, 6.45) is 7.47. The molecule has 1 saturated heterocycles. The zero-order valence-electron chi connectivity index (χ0n) is 15.5. The number of hydrogen-bond donors (Lipinski definition) is 1. The normalized spacial score (nSPS) is 28.7. The van der Waals surface area contributed by atoms with Gasteiger partial charge < -0.3 is 19.7 Å². The van der Waals surface area contributed by atoms with E-state index in [0.29, 0.717) is 29.7 Å². The van der Waals surface area contributed by atoms with Gasteiger partial charge in [-0.1, -0.05) is 12.8 Å². The van der Waals surface area contributed by atoms with E-state index in [4.69, 9.17) is 9.47 Å². The highest BCUT2D eigenvalue weighted by Crippen LogP contribution is 2.59. The lowest BCUT2D eigenvalue weighted by Gasteiger charge is -2.19. The molecule has 2 heterocycles. The third-order valence-electron chi connectivity index (χ3n) is 6.82. The molecule has 2 atom stereocenters. The number of benzene rings is 1. The van der Waals surface area contributed by atoms with E-state index >= 15 is 0 Å². The van der Waals surface area contributed by atoms with Crippen molar-refractivity contribution >= 4 is 17.5 Å². The Morgan fingerprint density at radius 1 is 1.19 bits per heavy atom. The van der Waals surface area contributed by atoms with E-state index in [2.05, 4.69) is 5.32 Å². The molecule has 1 spiro atoms. The van der Waals surface area contributed by atoms with Gasteiger partial charge in [0.2, 0.25) is 18.6 Å². The first-order valence-corrected chi connectivity index (χ1v) is 10.1. The van der Waals surface area contributed by atoms with Crippen LogP contribution in [0.25, 0.3) is 0 Å². The lowest BCUT2D eigenvalue weighted by atomic mass is 10.0. The fourth-order valence-electron chi connectivity index (χ4n) is 5.07. The van der Waals surface area contributed by atoms with Crippen LogP contribution in [0.5, 0.6) is 11.5 Å². The molecule has 2 saturated carbocycles. The first kappa shape index (κ1) is 16.9. The van der Waals surface area contributed by atoms with Gasteiger partial charge in [0.05, 0.1) is 0 Å². The van der Waals surface area contributed by atoms with Gasteiger partial charge in [-0.25, -0.2) is 0 Å². The van der Waals surface area contributed by atoms with Gasteiger partial charge in [-0.15, -0.1) is 0 Å². The molecule has 27 heavy (non-hydrogen) atoms. The maximum absolute atomic E-state index is 12.7. The molecule has 1 aromatic carbocycles. The summed E-state index contributed by atoms with van der Waals surface area (Å²) >= 11 is 0. The van der Waals surface area contributed by atoms with Crippen LogP contribution in [0, 0.1) is 17.3 Å². The van der Waals surface area contributed by atoms with Crippen molar-refractivity contribution in [1.29, 1.82) is 0 Å². The second kappa shape index (κ2) is 6.43. The van der Waals surface area contributed by atoms with Gasteiger partial charge in [0.25, 0.3) is 0 Å². The SMILES string of the molecule is O=C(Nc1ccc2c(c1)OCO2)C1CC12CCN(C(=O)CC1CCCC1)C2. The van der Waals surface area contributed by atoms with Gasteiger partial charge in [-0.2, -0.15) is 0 Å². The largest absolute Gasteiger partial charge is 0.454 e. The highest BCUT2D eigenvalue weighted by molar-refractivity contribution is 5.95. The van der Waals surface area contributed by atoms with E-state index in [0.717, 1.165) is 31.6 Å². The third kappa shape index (κ3) is 3.15. The summed E-state index contributed by atoms with van der Waals surface area (Å²) in [7, 11) is 0. The summed E-state index contributed by atoms with van der Waals surface area (Å²) in [4.78, 5) is 27.3. The summed E-state index contributed by atoms with van der Waals surface area (Å²) < 4.78 is 10.7. The van der Waals surface area contributed by atoms with Crippen LogP contribution in [0.15, 0.2) is 18.2 Å². The quantitative estimate of drug-likeness (QED) is 0.884. The number of hydrogen-bond acceptors (Lipinski definition) is 4. The molecule has 4 aliphatic rings. The van der Waals surface area contributed by atoms with E-state index in [-0.39, 0.29) is 24.0 Å². The molecule has 0 aromatic heterocycles.